The van der Waals surface area contributed by atoms with Gasteiger partial charge in [-0.25, -0.2) is 8.78 Å². The summed E-state index contributed by atoms with van der Waals surface area (Å²) in [6, 6.07) is 3.72. The number of nitrogens with zero attached hydrogens (tertiary/aromatic N) is 1. The van der Waals surface area contributed by atoms with E-state index in [0.29, 0.717) is 0 Å². The van der Waals surface area contributed by atoms with Gasteiger partial charge in [-0.15, -0.1) is 0 Å². The monoisotopic (exact) mass is 243 g/mol. The lowest BCUT2D eigenvalue weighted by Crippen LogP contribution is -2.49. The van der Waals surface area contributed by atoms with Crippen molar-refractivity contribution in [2.75, 3.05) is 14.1 Å². The first kappa shape index (κ1) is 14.1. The van der Waals surface area contributed by atoms with Gasteiger partial charge in [-0.1, -0.05) is 6.07 Å². The Bertz CT molecular complexity index is 371. The summed E-state index contributed by atoms with van der Waals surface area (Å²) in [6.07, 6.45) is -0.882. The summed E-state index contributed by atoms with van der Waals surface area (Å²) >= 11 is 0. The van der Waals surface area contributed by atoms with E-state index in [1.54, 1.807) is 0 Å². The number of hydrogen-bond donors (Lipinski definition) is 1. The lowest BCUT2D eigenvalue weighted by molar-refractivity contribution is 0.0172. The number of hydrogen-bond acceptors (Lipinski definition) is 2. The number of rotatable bonds is 4. The molecule has 0 spiro atoms. The van der Waals surface area contributed by atoms with Gasteiger partial charge >= 0.3 is 0 Å². The van der Waals surface area contributed by atoms with Gasteiger partial charge < -0.3 is 10.0 Å². The number of aliphatic hydroxyl groups is 1. The van der Waals surface area contributed by atoms with Gasteiger partial charge in [0.2, 0.25) is 0 Å². The Labute approximate surface area is 101 Å². The Morgan fingerprint density at radius 3 is 2.12 bits per heavy atom. The van der Waals surface area contributed by atoms with Crippen molar-refractivity contribution in [3.05, 3.63) is 35.4 Å². The molecule has 0 heterocycles. The molecule has 0 aliphatic heterocycles. The van der Waals surface area contributed by atoms with Gasteiger partial charge in [0.1, 0.15) is 11.6 Å². The molecule has 0 saturated heterocycles. The van der Waals surface area contributed by atoms with Crippen molar-refractivity contribution >= 4 is 0 Å². The van der Waals surface area contributed by atoms with E-state index in [1.807, 2.05) is 32.8 Å². The molecule has 1 aromatic rings. The molecule has 2 nitrogen and oxygen atoms in total. The third-order valence-electron chi connectivity index (χ3n) is 3.43. The summed E-state index contributed by atoms with van der Waals surface area (Å²) in [5.41, 5.74) is -0.607. The lowest BCUT2D eigenvalue weighted by atomic mass is 9.90. The first-order chi connectivity index (χ1) is 7.76. The lowest BCUT2D eigenvalue weighted by Gasteiger charge is -2.37. The number of aliphatic hydroxyl groups excluding tert-OH is 1. The second-order valence-electron chi connectivity index (χ2n) is 4.97. The van der Waals surface area contributed by atoms with Gasteiger partial charge in [0.25, 0.3) is 0 Å². The Balaban J connectivity index is 2.92. The first-order valence-corrected chi connectivity index (χ1v) is 5.55. The number of benzene rings is 1. The van der Waals surface area contributed by atoms with Crippen molar-refractivity contribution in [2.45, 2.75) is 31.9 Å². The molecular formula is C13H19F2NO. The van der Waals surface area contributed by atoms with E-state index in [1.165, 1.54) is 18.2 Å². The summed E-state index contributed by atoms with van der Waals surface area (Å²) in [4.78, 5) is 1.83. The fourth-order valence-corrected chi connectivity index (χ4v) is 1.47. The smallest absolute Gasteiger partial charge is 0.129 e. The highest BCUT2D eigenvalue weighted by Crippen LogP contribution is 2.22. The van der Waals surface area contributed by atoms with E-state index in [4.69, 9.17) is 0 Å². The highest BCUT2D eigenvalue weighted by Gasteiger charge is 2.31. The summed E-state index contributed by atoms with van der Waals surface area (Å²) < 4.78 is 26.9. The van der Waals surface area contributed by atoms with Gasteiger partial charge in [-0.05, 0) is 40.1 Å². The molecule has 17 heavy (non-hydrogen) atoms. The standard InChI is InChI=1S/C13H19F2NO/c1-13(2,16(3)4)12(17)8-9-10(14)6-5-7-11(9)15/h5-7,12,17H,8H2,1-4H3. The molecule has 96 valence electrons. The minimum Gasteiger partial charge on any atom is -0.391 e. The van der Waals surface area contributed by atoms with E-state index in [0.717, 1.165) is 0 Å². The van der Waals surface area contributed by atoms with Gasteiger partial charge in [-0.2, -0.15) is 0 Å². The zero-order chi connectivity index (χ0) is 13.2. The van der Waals surface area contributed by atoms with Crippen LogP contribution in [0.3, 0.4) is 0 Å². The fraction of sp³-hybridized carbons (Fsp3) is 0.538. The molecule has 0 fully saturated rings. The van der Waals surface area contributed by atoms with Crippen LogP contribution in [0.2, 0.25) is 0 Å². The van der Waals surface area contributed by atoms with Crippen LogP contribution in [0.5, 0.6) is 0 Å². The zero-order valence-electron chi connectivity index (χ0n) is 10.7. The molecule has 0 aliphatic rings. The Morgan fingerprint density at radius 2 is 1.71 bits per heavy atom. The van der Waals surface area contributed by atoms with Crippen LogP contribution in [-0.2, 0) is 6.42 Å². The summed E-state index contributed by atoms with van der Waals surface area (Å²) in [7, 11) is 3.64. The van der Waals surface area contributed by atoms with Crippen molar-refractivity contribution in [1.29, 1.82) is 0 Å². The molecule has 0 saturated carbocycles. The van der Waals surface area contributed by atoms with Crippen LogP contribution >= 0.6 is 0 Å². The number of likely N-dealkylation sites (N-methyl/N-ethyl adjacent to an activating group) is 1. The van der Waals surface area contributed by atoms with Crippen molar-refractivity contribution in [1.82, 2.24) is 4.90 Å². The van der Waals surface area contributed by atoms with Crippen LogP contribution in [0.4, 0.5) is 8.78 Å². The predicted octanol–water partition coefficient (Wildman–Crippen LogP) is 2.21. The maximum absolute atomic E-state index is 13.4. The van der Waals surface area contributed by atoms with E-state index in [9.17, 15) is 13.9 Å². The maximum Gasteiger partial charge on any atom is 0.129 e. The average Bonchev–Trinajstić information content (AvgIpc) is 2.23. The van der Waals surface area contributed by atoms with Crippen LogP contribution in [0.1, 0.15) is 19.4 Å². The predicted molar refractivity (Wildman–Crippen MR) is 63.8 cm³/mol. The molecule has 1 atom stereocenters. The second-order valence-corrected chi connectivity index (χ2v) is 4.97. The van der Waals surface area contributed by atoms with Crippen molar-refractivity contribution < 1.29 is 13.9 Å². The van der Waals surface area contributed by atoms with Gasteiger partial charge in [-0.3, -0.25) is 0 Å². The minimum absolute atomic E-state index is 0.0380. The van der Waals surface area contributed by atoms with E-state index in [-0.39, 0.29) is 12.0 Å². The van der Waals surface area contributed by atoms with E-state index in [2.05, 4.69) is 0 Å². The average molecular weight is 243 g/mol. The Morgan fingerprint density at radius 1 is 1.24 bits per heavy atom. The van der Waals surface area contributed by atoms with Gasteiger partial charge in [0, 0.05) is 17.5 Å². The highest BCUT2D eigenvalue weighted by molar-refractivity contribution is 5.21. The van der Waals surface area contributed by atoms with Crippen molar-refractivity contribution in [3.63, 3.8) is 0 Å². The quantitative estimate of drug-likeness (QED) is 0.876. The topological polar surface area (TPSA) is 23.5 Å². The second kappa shape index (κ2) is 5.10. The minimum atomic E-state index is -0.844. The molecule has 4 heteroatoms. The largest absolute Gasteiger partial charge is 0.391 e. The fourth-order valence-electron chi connectivity index (χ4n) is 1.47. The van der Waals surface area contributed by atoms with Gasteiger partial charge in [0.15, 0.2) is 0 Å². The molecule has 1 rings (SSSR count). The van der Waals surface area contributed by atoms with Crippen LogP contribution in [0, 0.1) is 11.6 Å². The molecular weight excluding hydrogens is 224 g/mol. The van der Waals surface area contributed by atoms with E-state index >= 15 is 0 Å². The number of halogens is 2. The molecule has 0 amide bonds. The van der Waals surface area contributed by atoms with Crippen LogP contribution in [0.15, 0.2) is 18.2 Å². The summed E-state index contributed by atoms with van der Waals surface area (Å²) in [6.45, 7) is 3.66. The normalized spacial score (nSPS) is 14.1. The summed E-state index contributed by atoms with van der Waals surface area (Å²) in [5, 5.41) is 10.1. The molecule has 1 N–H and O–H groups in total. The van der Waals surface area contributed by atoms with E-state index < -0.39 is 23.3 Å². The van der Waals surface area contributed by atoms with Crippen LogP contribution in [0.25, 0.3) is 0 Å². The summed E-state index contributed by atoms with van der Waals surface area (Å²) in [5.74, 6) is -1.22. The highest BCUT2D eigenvalue weighted by atomic mass is 19.1. The maximum atomic E-state index is 13.4. The SMILES string of the molecule is CN(C)C(C)(C)C(O)Cc1c(F)cccc1F. The molecule has 0 radical (unpaired) electrons. The van der Waals surface area contributed by atoms with Crippen molar-refractivity contribution in [2.24, 2.45) is 0 Å². The molecule has 0 aromatic heterocycles. The molecule has 0 aliphatic carbocycles. The Hall–Kier alpha value is -1.00. The van der Waals surface area contributed by atoms with Gasteiger partial charge in [0.05, 0.1) is 6.10 Å². The first-order valence-electron chi connectivity index (χ1n) is 5.55. The third-order valence-corrected chi connectivity index (χ3v) is 3.43. The molecule has 1 unspecified atom stereocenters. The molecule has 1 aromatic carbocycles. The molecule has 0 bridgehead atoms. The Kier molecular flexibility index (Phi) is 4.22. The third kappa shape index (κ3) is 3.01. The zero-order valence-corrected chi connectivity index (χ0v) is 10.7. The van der Waals surface area contributed by atoms with Crippen molar-refractivity contribution in [3.8, 4) is 0 Å². The van der Waals surface area contributed by atoms with Crippen LogP contribution < -0.4 is 0 Å². The van der Waals surface area contributed by atoms with Crippen LogP contribution in [-0.4, -0.2) is 35.7 Å².